The second-order valence-electron chi connectivity index (χ2n) is 6.28. The van der Waals surface area contributed by atoms with E-state index in [4.69, 9.17) is 14.2 Å². The van der Waals surface area contributed by atoms with Crippen LogP contribution in [0.5, 0.6) is 17.2 Å². The monoisotopic (exact) mass is 430 g/mol. The van der Waals surface area contributed by atoms with E-state index < -0.39 is 6.16 Å². The van der Waals surface area contributed by atoms with Crippen LogP contribution in [0.2, 0.25) is 0 Å². The lowest BCUT2D eigenvalue weighted by atomic mass is 10.1. The van der Waals surface area contributed by atoms with Crippen molar-refractivity contribution in [2.24, 2.45) is 0 Å². The predicted molar refractivity (Wildman–Crippen MR) is 113 cm³/mol. The molecule has 2 aromatic carbocycles. The fourth-order valence-corrected chi connectivity index (χ4v) is 2.64. The summed E-state index contributed by atoms with van der Waals surface area (Å²) in [6, 6.07) is 11.3. The third kappa shape index (κ3) is 7.54. The Morgan fingerprint density at radius 1 is 0.871 bits per heavy atom. The van der Waals surface area contributed by atoms with Crippen molar-refractivity contribution < 1.29 is 33.3 Å². The Balaban J connectivity index is 1.73. The highest BCUT2D eigenvalue weighted by atomic mass is 16.7. The standard InChI is InChI=1S/C22H26N2O7/c1-4-30-22(27)31-17-8-6-16(7-9-17)21(26)24-12-11-23-20(25)14-15-5-10-18(28-2)19(13-15)29-3/h5-10,13H,4,11-12,14H2,1-3H3,(H,23,25)(H,24,26). The molecule has 9 nitrogen and oxygen atoms in total. The van der Waals surface area contributed by atoms with E-state index in [0.29, 0.717) is 17.1 Å². The summed E-state index contributed by atoms with van der Waals surface area (Å²) in [5.41, 5.74) is 1.18. The summed E-state index contributed by atoms with van der Waals surface area (Å²) in [6.07, 6.45) is -0.625. The first-order valence-corrected chi connectivity index (χ1v) is 9.67. The van der Waals surface area contributed by atoms with Crippen molar-refractivity contribution in [2.75, 3.05) is 33.9 Å². The Hall–Kier alpha value is -3.75. The van der Waals surface area contributed by atoms with Crippen LogP contribution in [0, 0.1) is 0 Å². The smallest absolute Gasteiger partial charge is 0.493 e. The maximum absolute atomic E-state index is 12.2. The van der Waals surface area contributed by atoms with Gasteiger partial charge in [-0.15, -0.1) is 0 Å². The maximum Gasteiger partial charge on any atom is 0.513 e. The van der Waals surface area contributed by atoms with Gasteiger partial charge in [-0.3, -0.25) is 9.59 Å². The first-order chi connectivity index (χ1) is 15.0. The number of carbonyl (C=O) groups is 3. The molecule has 0 unspecified atom stereocenters. The molecule has 0 heterocycles. The van der Waals surface area contributed by atoms with E-state index in [1.807, 2.05) is 0 Å². The van der Waals surface area contributed by atoms with Gasteiger partial charge in [0.05, 0.1) is 27.2 Å². The molecule has 0 radical (unpaired) electrons. The summed E-state index contributed by atoms with van der Waals surface area (Å²) < 4.78 is 20.0. The van der Waals surface area contributed by atoms with Crippen molar-refractivity contribution in [1.29, 1.82) is 0 Å². The minimum Gasteiger partial charge on any atom is -0.493 e. The van der Waals surface area contributed by atoms with Crippen LogP contribution in [0.4, 0.5) is 4.79 Å². The normalized spacial score (nSPS) is 10.0. The minimum absolute atomic E-state index is 0.177. The summed E-state index contributed by atoms with van der Waals surface area (Å²) in [4.78, 5) is 35.5. The molecule has 0 aliphatic heterocycles. The number of ether oxygens (including phenoxy) is 4. The fourth-order valence-electron chi connectivity index (χ4n) is 2.64. The van der Waals surface area contributed by atoms with E-state index in [1.165, 1.54) is 31.4 Å². The fraction of sp³-hybridized carbons (Fsp3) is 0.318. The number of rotatable bonds is 10. The Bertz CT molecular complexity index is 897. The largest absolute Gasteiger partial charge is 0.513 e. The first kappa shape index (κ1) is 23.5. The molecule has 9 heteroatoms. The molecule has 0 bridgehead atoms. The molecular weight excluding hydrogens is 404 g/mol. The van der Waals surface area contributed by atoms with Crippen LogP contribution >= 0.6 is 0 Å². The van der Waals surface area contributed by atoms with Gasteiger partial charge in [0.15, 0.2) is 11.5 Å². The van der Waals surface area contributed by atoms with Crippen molar-refractivity contribution in [3.8, 4) is 17.2 Å². The lowest BCUT2D eigenvalue weighted by molar-refractivity contribution is -0.120. The van der Waals surface area contributed by atoms with E-state index in [0.717, 1.165) is 5.56 Å². The predicted octanol–water partition coefficient (Wildman–Crippen LogP) is 2.33. The van der Waals surface area contributed by atoms with Crippen LogP contribution in [0.15, 0.2) is 42.5 Å². The van der Waals surface area contributed by atoms with E-state index in [2.05, 4.69) is 15.4 Å². The molecule has 2 N–H and O–H groups in total. The number of hydrogen-bond acceptors (Lipinski definition) is 7. The molecule has 0 aliphatic carbocycles. The van der Waals surface area contributed by atoms with Crippen molar-refractivity contribution in [2.45, 2.75) is 13.3 Å². The summed E-state index contributed by atoms with van der Waals surface area (Å²) >= 11 is 0. The third-order valence-corrected chi connectivity index (χ3v) is 4.13. The number of amides is 2. The molecule has 0 saturated carbocycles. The van der Waals surface area contributed by atoms with Crippen molar-refractivity contribution in [3.05, 3.63) is 53.6 Å². The number of hydrogen-bond donors (Lipinski definition) is 2. The van der Waals surface area contributed by atoms with Crippen LogP contribution in [0.3, 0.4) is 0 Å². The van der Waals surface area contributed by atoms with Gasteiger partial charge >= 0.3 is 6.16 Å². The van der Waals surface area contributed by atoms with Crippen LogP contribution in [0.1, 0.15) is 22.8 Å². The number of benzene rings is 2. The molecule has 0 atom stereocenters. The second-order valence-corrected chi connectivity index (χ2v) is 6.28. The summed E-state index contributed by atoms with van der Waals surface area (Å²) in [6.45, 7) is 2.43. The van der Waals surface area contributed by atoms with Gasteiger partial charge in [0.1, 0.15) is 5.75 Å². The quantitative estimate of drug-likeness (QED) is 0.338. The average Bonchev–Trinajstić information content (AvgIpc) is 2.77. The van der Waals surface area contributed by atoms with E-state index >= 15 is 0 Å². The molecule has 0 aliphatic rings. The van der Waals surface area contributed by atoms with Gasteiger partial charge in [0.2, 0.25) is 5.91 Å². The van der Waals surface area contributed by atoms with Gasteiger partial charge in [-0.1, -0.05) is 6.07 Å². The number of carbonyl (C=O) groups excluding carboxylic acids is 3. The second kappa shape index (κ2) is 12.1. The van der Waals surface area contributed by atoms with Crippen LogP contribution in [-0.2, 0) is 16.0 Å². The molecule has 0 spiro atoms. The Labute approximate surface area is 180 Å². The minimum atomic E-state index is -0.802. The summed E-state index contributed by atoms with van der Waals surface area (Å²) in [7, 11) is 3.08. The van der Waals surface area contributed by atoms with Crippen LogP contribution < -0.4 is 24.8 Å². The van der Waals surface area contributed by atoms with E-state index in [1.54, 1.807) is 32.2 Å². The number of nitrogens with one attached hydrogen (secondary N) is 2. The number of methoxy groups -OCH3 is 2. The average molecular weight is 430 g/mol. The lowest BCUT2D eigenvalue weighted by Crippen LogP contribution is -2.35. The Morgan fingerprint density at radius 2 is 1.55 bits per heavy atom. The topological polar surface area (TPSA) is 112 Å². The van der Waals surface area contributed by atoms with E-state index in [9.17, 15) is 14.4 Å². The highest BCUT2D eigenvalue weighted by Crippen LogP contribution is 2.27. The van der Waals surface area contributed by atoms with Gasteiger partial charge in [0, 0.05) is 18.7 Å². The molecule has 0 aromatic heterocycles. The highest BCUT2D eigenvalue weighted by molar-refractivity contribution is 5.94. The molecule has 0 fully saturated rings. The van der Waals surface area contributed by atoms with Gasteiger partial charge in [-0.25, -0.2) is 4.79 Å². The highest BCUT2D eigenvalue weighted by Gasteiger charge is 2.10. The molecule has 0 saturated heterocycles. The van der Waals surface area contributed by atoms with Crippen molar-refractivity contribution in [3.63, 3.8) is 0 Å². The zero-order valence-electron chi connectivity index (χ0n) is 17.7. The summed E-state index contributed by atoms with van der Waals surface area (Å²) in [5, 5.41) is 5.46. The van der Waals surface area contributed by atoms with Crippen molar-refractivity contribution in [1.82, 2.24) is 10.6 Å². The zero-order chi connectivity index (χ0) is 22.6. The molecule has 166 valence electrons. The van der Waals surface area contributed by atoms with Crippen molar-refractivity contribution >= 4 is 18.0 Å². The molecular formula is C22H26N2O7. The Kier molecular flexibility index (Phi) is 9.15. The first-order valence-electron chi connectivity index (χ1n) is 9.67. The lowest BCUT2D eigenvalue weighted by Gasteiger charge is -2.10. The molecule has 31 heavy (non-hydrogen) atoms. The zero-order valence-corrected chi connectivity index (χ0v) is 17.7. The molecule has 2 rings (SSSR count). The SMILES string of the molecule is CCOC(=O)Oc1ccc(C(=O)NCCNC(=O)Cc2ccc(OC)c(OC)c2)cc1. The van der Waals surface area contributed by atoms with Crippen LogP contribution in [0.25, 0.3) is 0 Å². The van der Waals surface area contributed by atoms with Gasteiger partial charge in [-0.05, 0) is 48.9 Å². The summed E-state index contributed by atoms with van der Waals surface area (Å²) in [5.74, 6) is 0.935. The molecule has 2 amide bonds. The third-order valence-electron chi connectivity index (χ3n) is 4.13. The Morgan fingerprint density at radius 3 is 2.19 bits per heavy atom. The maximum atomic E-state index is 12.2. The van der Waals surface area contributed by atoms with Gasteiger partial charge in [-0.2, -0.15) is 0 Å². The van der Waals surface area contributed by atoms with E-state index in [-0.39, 0.29) is 43.7 Å². The van der Waals surface area contributed by atoms with Gasteiger partial charge < -0.3 is 29.6 Å². The van der Waals surface area contributed by atoms with Gasteiger partial charge in [0.25, 0.3) is 5.91 Å². The van der Waals surface area contributed by atoms with Crippen LogP contribution in [-0.4, -0.2) is 51.9 Å². The molecule has 2 aromatic rings.